The van der Waals surface area contributed by atoms with Crippen molar-refractivity contribution in [1.82, 2.24) is 9.88 Å². The van der Waals surface area contributed by atoms with Gasteiger partial charge in [0.05, 0.1) is 5.69 Å². The van der Waals surface area contributed by atoms with Crippen molar-refractivity contribution < 1.29 is 24.6 Å². The second-order valence-corrected chi connectivity index (χ2v) is 7.47. The number of ketones is 1. The number of aromatic nitrogens is 1. The number of Topliss-reactive ketones (excluding diaryl/α,β-unsaturated/α-hetero) is 1. The lowest BCUT2D eigenvalue weighted by atomic mass is 9.73. The van der Waals surface area contributed by atoms with E-state index in [9.17, 15) is 19.5 Å². The number of carboxylic acids is 1. The van der Waals surface area contributed by atoms with Crippen LogP contribution in [0.3, 0.4) is 0 Å². The lowest BCUT2D eigenvalue weighted by molar-refractivity contribution is -0.138. The van der Waals surface area contributed by atoms with Gasteiger partial charge in [-0.05, 0) is 43.7 Å². The molecule has 2 heterocycles. The van der Waals surface area contributed by atoms with Crippen LogP contribution in [0.5, 0.6) is 0 Å². The Morgan fingerprint density at radius 3 is 2.50 bits per heavy atom. The molecule has 1 aliphatic heterocycles. The summed E-state index contributed by atoms with van der Waals surface area (Å²) in [4.78, 5) is 36.6. The monoisotopic (exact) mass is 358 g/mol. The molecular formula is C19H22N2O5. The largest absolute Gasteiger partial charge is 0.505 e. The van der Waals surface area contributed by atoms with Crippen molar-refractivity contribution in [3.8, 4) is 0 Å². The fourth-order valence-electron chi connectivity index (χ4n) is 4.42. The van der Waals surface area contributed by atoms with Crippen LogP contribution in [0.25, 0.3) is 5.76 Å². The van der Waals surface area contributed by atoms with Crippen molar-refractivity contribution in [2.24, 2.45) is 0 Å². The summed E-state index contributed by atoms with van der Waals surface area (Å²) in [5, 5.41) is 21.7. The number of aliphatic hydroxyl groups is 1. The molecule has 2 aliphatic carbocycles. The Morgan fingerprint density at radius 1 is 1.19 bits per heavy atom. The molecule has 3 aliphatic rings. The maximum Gasteiger partial charge on any atom is 0.322 e. The molecule has 2 fully saturated rings. The summed E-state index contributed by atoms with van der Waals surface area (Å²) >= 11 is 0. The number of nitrogens with one attached hydrogen (secondary N) is 1. The Balaban J connectivity index is 1.83. The SMILES string of the molecule is O=C(O)CNC(=O)C1=C(O)c2ccc(C3CC3)n2C2(CCCCC2)C1=O. The molecule has 0 unspecified atom stereocenters. The van der Waals surface area contributed by atoms with Crippen LogP contribution in [-0.2, 0) is 19.9 Å². The van der Waals surface area contributed by atoms with Gasteiger partial charge in [-0.3, -0.25) is 14.4 Å². The molecular weight excluding hydrogens is 336 g/mol. The van der Waals surface area contributed by atoms with E-state index in [2.05, 4.69) is 5.32 Å². The number of carbonyl (C=O) groups is 3. The summed E-state index contributed by atoms with van der Waals surface area (Å²) in [6, 6.07) is 3.72. The topological polar surface area (TPSA) is 109 Å². The first kappa shape index (κ1) is 16.9. The van der Waals surface area contributed by atoms with Gasteiger partial charge >= 0.3 is 5.97 Å². The number of fused-ring (bicyclic) bond motifs is 2. The maximum atomic E-state index is 13.4. The van der Waals surface area contributed by atoms with Crippen molar-refractivity contribution >= 4 is 23.4 Å². The van der Waals surface area contributed by atoms with E-state index in [1.54, 1.807) is 6.07 Å². The van der Waals surface area contributed by atoms with E-state index in [-0.39, 0.29) is 17.1 Å². The zero-order valence-corrected chi connectivity index (χ0v) is 14.5. The van der Waals surface area contributed by atoms with Crippen LogP contribution in [0.1, 0.15) is 62.3 Å². The summed E-state index contributed by atoms with van der Waals surface area (Å²) in [6.45, 7) is -0.593. The van der Waals surface area contributed by atoms with Crippen LogP contribution in [-0.4, -0.2) is 39.0 Å². The van der Waals surface area contributed by atoms with Gasteiger partial charge < -0.3 is 20.1 Å². The van der Waals surface area contributed by atoms with E-state index >= 15 is 0 Å². The van der Waals surface area contributed by atoms with E-state index < -0.39 is 24.0 Å². The van der Waals surface area contributed by atoms with Gasteiger partial charge in [-0.25, -0.2) is 0 Å². The minimum Gasteiger partial charge on any atom is -0.505 e. The zero-order valence-electron chi connectivity index (χ0n) is 14.5. The molecule has 0 aromatic carbocycles. The Bertz CT molecular complexity index is 825. The second kappa shape index (κ2) is 6.00. The molecule has 26 heavy (non-hydrogen) atoms. The molecule has 1 spiro atoms. The molecule has 0 radical (unpaired) electrons. The number of nitrogens with zero attached hydrogens (tertiary/aromatic N) is 1. The molecule has 4 rings (SSSR count). The number of aliphatic carboxylic acids is 1. The smallest absolute Gasteiger partial charge is 0.322 e. The Morgan fingerprint density at radius 2 is 1.88 bits per heavy atom. The molecule has 0 saturated heterocycles. The third-order valence-corrected chi connectivity index (χ3v) is 5.77. The van der Waals surface area contributed by atoms with Crippen LogP contribution >= 0.6 is 0 Å². The van der Waals surface area contributed by atoms with Crippen LogP contribution < -0.4 is 5.32 Å². The predicted octanol–water partition coefficient (Wildman–Crippen LogP) is 2.08. The van der Waals surface area contributed by atoms with E-state index in [4.69, 9.17) is 5.11 Å². The molecule has 1 amide bonds. The fourth-order valence-corrected chi connectivity index (χ4v) is 4.42. The first-order valence-corrected chi connectivity index (χ1v) is 9.16. The normalized spacial score (nSPS) is 21.6. The first-order chi connectivity index (χ1) is 12.5. The maximum absolute atomic E-state index is 13.4. The molecule has 7 nitrogen and oxygen atoms in total. The summed E-state index contributed by atoms with van der Waals surface area (Å²) in [7, 11) is 0. The van der Waals surface area contributed by atoms with E-state index in [0.717, 1.165) is 37.8 Å². The number of carbonyl (C=O) groups excluding carboxylic acids is 2. The fraction of sp³-hybridized carbons (Fsp3) is 0.526. The lowest BCUT2D eigenvalue weighted by Gasteiger charge is -2.42. The van der Waals surface area contributed by atoms with Gasteiger partial charge in [0.25, 0.3) is 5.91 Å². The standard InChI is InChI=1S/C19H22N2O5/c22-14(23)10-20-18(26)15-16(24)13-7-6-12(11-4-5-11)21(13)19(17(15)25)8-2-1-3-9-19/h6-7,11,24H,1-5,8-10H2,(H,20,26)(H,22,23). The number of carboxylic acid groups (broad SMARTS) is 1. The average molecular weight is 358 g/mol. The molecule has 0 bridgehead atoms. The van der Waals surface area contributed by atoms with Crippen molar-refractivity contribution in [1.29, 1.82) is 0 Å². The molecule has 0 atom stereocenters. The van der Waals surface area contributed by atoms with Gasteiger partial charge in [-0.15, -0.1) is 0 Å². The van der Waals surface area contributed by atoms with Gasteiger partial charge in [-0.2, -0.15) is 0 Å². The van der Waals surface area contributed by atoms with E-state index in [1.165, 1.54) is 0 Å². The van der Waals surface area contributed by atoms with Gasteiger partial charge in [0, 0.05) is 5.69 Å². The average Bonchev–Trinajstić information content (AvgIpc) is 3.37. The molecule has 1 aromatic heterocycles. The summed E-state index contributed by atoms with van der Waals surface area (Å²) in [6.07, 6.45) is 6.23. The molecule has 3 N–H and O–H groups in total. The number of amides is 1. The van der Waals surface area contributed by atoms with E-state index in [1.807, 2.05) is 10.6 Å². The van der Waals surface area contributed by atoms with Crippen molar-refractivity contribution in [2.45, 2.75) is 56.4 Å². The molecule has 1 aromatic rings. The lowest BCUT2D eigenvalue weighted by Crippen LogP contribution is -2.51. The predicted molar refractivity (Wildman–Crippen MR) is 92.7 cm³/mol. The number of aliphatic hydroxyl groups excluding tert-OH is 1. The highest BCUT2D eigenvalue weighted by Gasteiger charge is 2.51. The minimum atomic E-state index is -1.20. The number of hydrogen-bond donors (Lipinski definition) is 3. The highest BCUT2D eigenvalue weighted by atomic mass is 16.4. The second-order valence-electron chi connectivity index (χ2n) is 7.47. The Labute approximate surface area is 150 Å². The highest BCUT2D eigenvalue weighted by molar-refractivity contribution is 6.27. The van der Waals surface area contributed by atoms with Crippen LogP contribution in [0, 0.1) is 0 Å². The van der Waals surface area contributed by atoms with Crippen molar-refractivity contribution in [2.75, 3.05) is 6.54 Å². The zero-order chi connectivity index (χ0) is 18.5. The summed E-state index contributed by atoms with van der Waals surface area (Å²) < 4.78 is 1.98. The quantitative estimate of drug-likeness (QED) is 0.714. The molecule has 138 valence electrons. The third kappa shape index (κ3) is 2.45. The first-order valence-electron chi connectivity index (χ1n) is 9.16. The minimum absolute atomic E-state index is 0.305. The number of rotatable bonds is 4. The van der Waals surface area contributed by atoms with Gasteiger partial charge in [0.2, 0.25) is 0 Å². The summed E-state index contributed by atoms with van der Waals surface area (Å²) in [5.74, 6) is -2.34. The summed E-state index contributed by atoms with van der Waals surface area (Å²) in [5.41, 5.74) is 0.415. The highest BCUT2D eigenvalue weighted by Crippen LogP contribution is 2.49. The van der Waals surface area contributed by atoms with Gasteiger partial charge in [0.1, 0.15) is 17.7 Å². The van der Waals surface area contributed by atoms with Crippen LogP contribution in [0.4, 0.5) is 0 Å². The van der Waals surface area contributed by atoms with Crippen molar-refractivity contribution in [3.63, 3.8) is 0 Å². The van der Waals surface area contributed by atoms with Crippen LogP contribution in [0.2, 0.25) is 0 Å². The van der Waals surface area contributed by atoms with Crippen molar-refractivity contribution in [3.05, 3.63) is 29.1 Å². The number of hydrogen-bond acceptors (Lipinski definition) is 4. The van der Waals surface area contributed by atoms with Crippen LogP contribution in [0.15, 0.2) is 17.7 Å². The van der Waals surface area contributed by atoms with Gasteiger partial charge in [-0.1, -0.05) is 19.3 Å². The van der Waals surface area contributed by atoms with E-state index in [0.29, 0.717) is 24.5 Å². The Hall–Kier alpha value is -2.57. The Kier molecular flexibility index (Phi) is 3.89. The third-order valence-electron chi connectivity index (χ3n) is 5.77. The van der Waals surface area contributed by atoms with Gasteiger partial charge in [0.15, 0.2) is 11.5 Å². The molecule has 2 saturated carbocycles. The molecule has 7 heteroatoms.